The summed E-state index contributed by atoms with van der Waals surface area (Å²) in [5.74, 6) is 0. The zero-order valence-corrected chi connectivity index (χ0v) is 8.16. The number of aromatic nitrogens is 4. The molecule has 2 heterocycles. The zero-order valence-electron chi connectivity index (χ0n) is 7.34. The highest BCUT2D eigenvalue weighted by molar-refractivity contribution is 7.05. The topological polar surface area (TPSA) is 43.6 Å². The van der Waals surface area contributed by atoms with Crippen molar-refractivity contribution in [2.75, 3.05) is 0 Å². The summed E-state index contributed by atoms with van der Waals surface area (Å²) in [6.45, 7) is 2.90. The molecule has 0 fully saturated rings. The van der Waals surface area contributed by atoms with Crippen LogP contribution in [0.25, 0.3) is 0 Å². The Hall–Kier alpha value is -1.23. The van der Waals surface area contributed by atoms with Gasteiger partial charge in [-0.05, 0) is 23.5 Å². The monoisotopic (exact) mass is 194 g/mol. The fraction of sp³-hybridized carbons (Fsp3) is 0.375. The van der Waals surface area contributed by atoms with Crippen LogP contribution >= 0.6 is 11.5 Å². The van der Waals surface area contributed by atoms with Gasteiger partial charge in [0, 0.05) is 6.20 Å². The van der Waals surface area contributed by atoms with E-state index in [1.807, 2.05) is 10.9 Å². The summed E-state index contributed by atoms with van der Waals surface area (Å²) in [7, 11) is 0. The van der Waals surface area contributed by atoms with Gasteiger partial charge >= 0.3 is 0 Å². The minimum absolute atomic E-state index is 0.775. The first-order valence-corrected chi connectivity index (χ1v) is 4.93. The molecule has 4 nitrogen and oxygen atoms in total. The van der Waals surface area contributed by atoms with E-state index in [-0.39, 0.29) is 0 Å². The largest absolute Gasteiger partial charge is 0.267 e. The SMILES string of the molecule is CCc1cnn(Cc2cnns2)c1. The molecule has 0 aliphatic heterocycles. The van der Waals surface area contributed by atoms with Gasteiger partial charge in [-0.25, -0.2) is 0 Å². The van der Waals surface area contributed by atoms with Crippen molar-refractivity contribution in [3.05, 3.63) is 29.0 Å². The van der Waals surface area contributed by atoms with Gasteiger partial charge in [0.2, 0.25) is 0 Å². The van der Waals surface area contributed by atoms with Crippen LogP contribution in [-0.4, -0.2) is 19.4 Å². The van der Waals surface area contributed by atoms with Gasteiger partial charge in [-0.15, -0.1) is 5.10 Å². The van der Waals surface area contributed by atoms with Crippen LogP contribution in [0.1, 0.15) is 17.4 Å². The maximum absolute atomic E-state index is 4.23. The van der Waals surface area contributed by atoms with Crippen LogP contribution in [-0.2, 0) is 13.0 Å². The first-order valence-electron chi connectivity index (χ1n) is 4.16. The van der Waals surface area contributed by atoms with Crippen LogP contribution in [0.15, 0.2) is 18.6 Å². The Morgan fingerprint density at radius 2 is 2.38 bits per heavy atom. The summed E-state index contributed by atoms with van der Waals surface area (Å²) in [5, 5.41) is 8.00. The van der Waals surface area contributed by atoms with E-state index in [0.29, 0.717) is 0 Å². The smallest absolute Gasteiger partial charge is 0.0784 e. The van der Waals surface area contributed by atoms with E-state index >= 15 is 0 Å². The molecule has 2 rings (SSSR count). The molecule has 0 spiro atoms. The molecule has 0 N–H and O–H groups in total. The van der Waals surface area contributed by atoms with Crippen LogP contribution in [0.4, 0.5) is 0 Å². The van der Waals surface area contributed by atoms with E-state index in [1.165, 1.54) is 17.1 Å². The molecule has 68 valence electrons. The van der Waals surface area contributed by atoms with Crippen molar-refractivity contribution in [1.29, 1.82) is 0 Å². The van der Waals surface area contributed by atoms with Crippen molar-refractivity contribution in [3.63, 3.8) is 0 Å². The first-order chi connectivity index (χ1) is 6.38. The lowest BCUT2D eigenvalue weighted by Crippen LogP contribution is -1.97. The van der Waals surface area contributed by atoms with Crippen molar-refractivity contribution < 1.29 is 0 Å². The lowest BCUT2D eigenvalue weighted by atomic mass is 10.3. The maximum Gasteiger partial charge on any atom is 0.0784 e. The predicted octanol–water partition coefficient (Wildman–Crippen LogP) is 1.35. The molecule has 0 bridgehead atoms. The Morgan fingerprint density at radius 1 is 1.46 bits per heavy atom. The Morgan fingerprint density at radius 3 is 3.00 bits per heavy atom. The van der Waals surface area contributed by atoms with Crippen molar-refractivity contribution in [2.24, 2.45) is 0 Å². The summed E-state index contributed by atoms with van der Waals surface area (Å²) in [6.07, 6.45) is 6.76. The molecule has 13 heavy (non-hydrogen) atoms. The summed E-state index contributed by atoms with van der Waals surface area (Å²) >= 11 is 1.41. The normalized spacial score (nSPS) is 10.5. The highest BCUT2D eigenvalue weighted by Gasteiger charge is 1.99. The number of hydrogen-bond donors (Lipinski definition) is 0. The van der Waals surface area contributed by atoms with Crippen LogP contribution in [0.3, 0.4) is 0 Å². The third-order valence-corrected chi connectivity index (χ3v) is 2.46. The van der Waals surface area contributed by atoms with Gasteiger partial charge in [-0.1, -0.05) is 11.4 Å². The molecule has 0 unspecified atom stereocenters. The van der Waals surface area contributed by atoms with Gasteiger partial charge in [0.25, 0.3) is 0 Å². The Labute approximate surface area is 80.4 Å². The van der Waals surface area contributed by atoms with Gasteiger partial charge in [0.15, 0.2) is 0 Å². The highest BCUT2D eigenvalue weighted by atomic mass is 32.1. The summed E-state index contributed by atoms with van der Waals surface area (Å²) in [5.41, 5.74) is 1.26. The van der Waals surface area contributed by atoms with Gasteiger partial charge < -0.3 is 0 Å². The molecule has 0 aliphatic carbocycles. The molecule has 0 saturated heterocycles. The number of nitrogens with zero attached hydrogens (tertiary/aromatic N) is 4. The van der Waals surface area contributed by atoms with Crippen LogP contribution in [0.2, 0.25) is 0 Å². The van der Waals surface area contributed by atoms with Gasteiger partial charge in [-0.2, -0.15) is 5.10 Å². The summed E-state index contributed by atoms with van der Waals surface area (Å²) in [4.78, 5) is 1.13. The predicted molar refractivity (Wildman–Crippen MR) is 50.6 cm³/mol. The van der Waals surface area contributed by atoms with Crippen LogP contribution in [0, 0.1) is 0 Å². The quantitative estimate of drug-likeness (QED) is 0.740. The molecule has 5 heteroatoms. The van der Waals surface area contributed by atoms with Crippen LogP contribution < -0.4 is 0 Å². The number of aryl methyl sites for hydroxylation is 1. The molecule has 0 atom stereocenters. The molecule has 2 aromatic heterocycles. The van der Waals surface area contributed by atoms with Crippen LogP contribution in [0.5, 0.6) is 0 Å². The van der Waals surface area contributed by atoms with Crippen molar-refractivity contribution in [2.45, 2.75) is 19.9 Å². The third-order valence-electron chi connectivity index (χ3n) is 1.82. The number of hydrogen-bond acceptors (Lipinski definition) is 4. The Bertz CT molecular complexity index is 365. The average Bonchev–Trinajstić information content (AvgIpc) is 2.76. The van der Waals surface area contributed by atoms with Gasteiger partial charge in [-0.3, -0.25) is 4.68 Å². The lowest BCUT2D eigenvalue weighted by Gasteiger charge is -1.94. The van der Waals surface area contributed by atoms with E-state index in [2.05, 4.69) is 27.8 Å². The van der Waals surface area contributed by atoms with E-state index in [1.54, 1.807) is 6.20 Å². The molecule has 0 amide bonds. The fourth-order valence-corrected chi connectivity index (χ4v) is 1.58. The lowest BCUT2D eigenvalue weighted by molar-refractivity contribution is 0.693. The second kappa shape index (κ2) is 3.66. The summed E-state index contributed by atoms with van der Waals surface area (Å²) < 4.78 is 5.71. The first kappa shape index (κ1) is 8.37. The van der Waals surface area contributed by atoms with Crippen molar-refractivity contribution in [3.8, 4) is 0 Å². The van der Waals surface area contributed by atoms with E-state index in [9.17, 15) is 0 Å². The maximum atomic E-state index is 4.23. The summed E-state index contributed by atoms with van der Waals surface area (Å²) in [6, 6.07) is 0. The van der Waals surface area contributed by atoms with E-state index in [0.717, 1.165) is 17.8 Å². The van der Waals surface area contributed by atoms with Gasteiger partial charge in [0.1, 0.15) is 0 Å². The zero-order chi connectivity index (χ0) is 9.10. The standard InChI is InChI=1S/C8H10N4S/c1-2-7-3-10-12(5-7)6-8-4-9-11-13-8/h3-5H,2,6H2,1H3. The second-order valence-electron chi connectivity index (χ2n) is 2.78. The van der Waals surface area contributed by atoms with Gasteiger partial charge in [0.05, 0.1) is 23.8 Å². The molecular formula is C8H10N4S. The molecular weight excluding hydrogens is 184 g/mol. The van der Waals surface area contributed by atoms with Crippen molar-refractivity contribution >= 4 is 11.5 Å². The molecule has 0 aromatic carbocycles. The number of rotatable bonds is 3. The molecule has 0 saturated carbocycles. The van der Waals surface area contributed by atoms with E-state index < -0.39 is 0 Å². The Balaban J connectivity index is 2.10. The van der Waals surface area contributed by atoms with E-state index in [4.69, 9.17) is 0 Å². The minimum Gasteiger partial charge on any atom is -0.267 e. The molecule has 0 radical (unpaired) electrons. The van der Waals surface area contributed by atoms with Crippen molar-refractivity contribution in [1.82, 2.24) is 19.4 Å². The average molecular weight is 194 g/mol. The second-order valence-corrected chi connectivity index (χ2v) is 3.65. The fourth-order valence-electron chi connectivity index (χ4n) is 1.09. The molecule has 0 aliphatic rings. The highest BCUT2D eigenvalue weighted by Crippen LogP contribution is 2.05. The third kappa shape index (κ3) is 1.92. The Kier molecular flexibility index (Phi) is 2.35. The minimum atomic E-state index is 0.775. The molecule has 2 aromatic rings.